The number of methoxy groups -OCH3 is 2. The molecule has 0 aliphatic rings. The van der Waals surface area contributed by atoms with Crippen LogP contribution in [0.2, 0.25) is 0 Å². The summed E-state index contributed by atoms with van der Waals surface area (Å²) >= 11 is 0. The Labute approximate surface area is 114 Å². The Balaban J connectivity index is 2.49. The van der Waals surface area contributed by atoms with E-state index >= 15 is 0 Å². The minimum absolute atomic E-state index is 0.352. The van der Waals surface area contributed by atoms with Crippen molar-refractivity contribution < 1.29 is 17.9 Å². The van der Waals surface area contributed by atoms with Crippen molar-refractivity contribution in [1.82, 2.24) is 10.0 Å². The second-order valence-electron chi connectivity index (χ2n) is 4.00. The van der Waals surface area contributed by atoms with E-state index in [-0.39, 0.29) is 0 Å². The van der Waals surface area contributed by atoms with Crippen LogP contribution < -0.4 is 19.5 Å². The Morgan fingerprint density at radius 2 is 1.89 bits per heavy atom. The van der Waals surface area contributed by atoms with Crippen molar-refractivity contribution in [3.63, 3.8) is 0 Å². The quantitative estimate of drug-likeness (QED) is 0.675. The third kappa shape index (κ3) is 5.46. The van der Waals surface area contributed by atoms with Gasteiger partial charge in [-0.15, -0.1) is 0 Å². The molecule has 0 fully saturated rings. The molecule has 6 nitrogen and oxygen atoms in total. The fourth-order valence-corrected chi connectivity index (χ4v) is 2.11. The smallest absolute Gasteiger partial charge is 0.208 e. The summed E-state index contributed by atoms with van der Waals surface area (Å²) < 4.78 is 34.7. The first-order valence-electron chi connectivity index (χ1n) is 5.83. The van der Waals surface area contributed by atoms with E-state index in [2.05, 4.69) is 10.0 Å². The molecule has 1 rings (SSSR count). The van der Waals surface area contributed by atoms with Crippen molar-refractivity contribution in [3.05, 3.63) is 23.8 Å². The monoisotopic (exact) mass is 288 g/mol. The summed E-state index contributed by atoms with van der Waals surface area (Å²) in [7, 11) is 0.0508. The fourth-order valence-electron chi connectivity index (χ4n) is 1.64. The molecule has 19 heavy (non-hydrogen) atoms. The predicted octanol–water partition coefficient (Wildman–Crippen LogP) is 0.343. The number of rotatable bonds is 8. The van der Waals surface area contributed by atoms with Crippen LogP contribution in [-0.2, 0) is 16.6 Å². The molecule has 7 heteroatoms. The molecule has 0 bridgehead atoms. The molecule has 0 saturated carbocycles. The minimum atomic E-state index is -3.13. The first-order chi connectivity index (χ1) is 8.98. The molecule has 0 amide bonds. The summed E-state index contributed by atoms with van der Waals surface area (Å²) in [4.78, 5) is 0. The van der Waals surface area contributed by atoms with Gasteiger partial charge in [0.05, 0.1) is 20.5 Å². The van der Waals surface area contributed by atoms with Gasteiger partial charge in [-0.05, 0) is 6.07 Å². The van der Waals surface area contributed by atoms with Crippen LogP contribution >= 0.6 is 0 Å². The summed E-state index contributed by atoms with van der Waals surface area (Å²) in [5.74, 6) is 1.37. The van der Waals surface area contributed by atoms with Crippen LogP contribution in [0.5, 0.6) is 11.5 Å². The molecule has 0 radical (unpaired) electrons. The van der Waals surface area contributed by atoms with Crippen LogP contribution in [0.15, 0.2) is 18.2 Å². The van der Waals surface area contributed by atoms with Gasteiger partial charge in [-0.2, -0.15) is 0 Å². The van der Waals surface area contributed by atoms with Crippen LogP contribution in [0.1, 0.15) is 5.56 Å². The lowest BCUT2D eigenvalue weighted by Gasteiger charge is -2.13. The first kappa shape index (κ1) is 15.7. The van der Waals surface area contributed by atoms with E-state index in [0.717, 1.165) is 11.8 Å². The molecule has 0 aliphatic carbocycles. The first-order valence-corrected chi connectivity index (χ1v) is 7.72. The molecular formula is C12H20N2O4S. The highest BCUT2D eigenvalue weighted by molar-refractivity contribution is 7.88. The lowest BCUT2D eigenvalue weighted by atomic mass is 10.2. The van der Waals surface area contributed by atoms with Gasteiger partial charge in [0.15, 0.2) is 11.5 Å². The summed E-state index contributed by atoms with van der Waals surface area (Å²) in [5, 5.41) is 3.14. The Kier molecular flexibility index (Phi) is 6.07. The van der Waals surface area contributed by atoms with Crippen molar-refractivity contribution >= 4 is 10.0 Å². The van der Waals surface area contributed by atoms with Crippen LogP contribution in [0.3, 0.4) is 0 Å². The Morgan fingerprint density at radius 1 is 1.16 bits per heavy atom. The zero-order valence-electron chi connectivity index (χ0n) is 11.4. The average Bonchev–Trinajstić information content (AvgIpc) is 2.36. The second-order valence-corrected chi connectivity index (χ2v) is 5.83. The molecule has 2 N–H and O–H groups in total. The number of hydrogen-bond acceptors (Lipinski definition) is 5. The van der Waals surface area contributed by atoms with Crippen molar-refractivity contribution in [3.8, 4) is 11.5 Å². The van der Waals surface area contributed by atoms with E-state index in [4.69, 9.17) is 9.47 Å². The molecule has 0 atom stereocenters. The molecule has 0 spiro atoms. The maximum atomic E-state index is 10.9. The third-order valence-electron chi connectivity index (χ3n) is 2.47. The zero-order valence-corrected chi connectivity index (χ0v) is 12.2. The average molecular weight is 288 g/mol. The zero-order chi connectivity index (χ0) is 14.3. The van der Waals surface area contributed by atoms with Gasteiger partial charge in [-0.25, -0.2) is 13.1 Å². The number of benzene rings is 1. The highest BCUT2D eigenvalue weighted by atomic mass is 32.2. The van der Waals surface area contributed by atoms with Gasteiger partial charge in [0.2, 0.25) is 10.0 Å². The van der Waals surface area contributed by atoms with E-state index < -0.39 is 10.0 Å². The summed E-state index contributed by atoms with van der Waals surface area (Å²) in [5.41, 5.74) is 0.959. The number of sulfonamides is 1. The molecule has 0 saturated heterocycles. The Hall–Kier alpha value is -1.31. The normalized spacial score (nSPS) is 11.3. The summed E-state index contributed by atoms with van der Waals surface area (Å²) in [6.07, 6.45) is 1.14. The van der Waals surface area contributed by atoms with Gasteiger partial charge < -0.3 is 14.8 Å². The summed E-state index contributed by atoms with van der Waals surface area (Å²) in [6, 6.07) is 5.64. The van der Waals surface area contributed by atoms with E-state index in [1.54, 1.807) is 14.2 Å². The number of ether oxygens (including phenoxy) is 2. The fraction of sp³-hybridized carbons (Fsp3) is 0.500. The van der Waals surface area contributed by atoms with Crippen LogP contribution in [-0.4, -0.2) is 42.0 Å². The van der Waals surface area contributed by atoms with Crippen LogP contribution in [0, 0.1) is 0 Å². The van der Waals surface area contributed by atoms with Gasteiger partial charge in [-0.1, -0.05) is 12.1 Å². The molecule has 0 aliphatic heterocycles. The molecule has 0 aromatic heterocycles. The largest absolute Gasteiger partial charge is 0.493 e. The van der Waals surface area contributed by atoms with Gasteiger partial charge in [-0.3, -0.25) is 0 Å². The van der Waals surface area contributed by atoms with Crippen molar-refractivity contribution in [1.29, 1.82) is 0 Å². The SMILES string of the molecule is COc1cccc(CNCCNS(C)(=O)=O)c1OC. The third-order valence-corrected chi connectivity index (χ3v) is 3.19. The number of hydrogen-bond donors (Lipinski definition) is 2. The van der Waals surface area contributed by atoms with Crippen LogP contribution in [0.25, 0.3) is 0 Å². The van der Waals surface area contributed by atoms with Gasteiger partial charge in [0.25, 0.3) is 0 Å². The maximum absolute atomic E-state index is 10.9. The van der Waals surface area contributed by atoms with Gasteiger partial charge in [0.1, 0.15) is 0 Å². The number of nitrogens with one attached hydrogen (secondary N) is 2. The molecule has 1 aromatic carbocycles. The minimum Gasteiger partial charge on any atom is -0.493 e. The van der Waals surface area contributed by atoms with Crippen molar-refractivity contribution in [2.75, 3.05) is 33.6 Å². The molecule has 0 heterocycles. The Morgan fingerprint density at radius 3 is 2.47 bits per heavy atom. The van der Waals surface area contributed by atoms with E-state index in [1.807, 2.05) is 18.2 Å². The van der Waals surface area contributed by atoms with Gasteiger partial charge >= 0.3 is 0 Å². The van der Waals surface area contributed by atoms with Gasteiger partial charge in [0, 0.05) is 25.2 Å². The standard InChI is InChI=1S/C12H20N2O4S/c1-17-11-6-4-5-10(12(11)18-2)9-13-7-8-14-19(3,15)16/h4-6,13-14H,7-9H2,1-3H3. The lowest BCUT2D eigenvalue weighted by Crippen LogP contribution is -2.30. The van der Waals surface area contributed by atoms with Crippen LogP contribution in [0.4, 0.5) is 0 Å². The molecule has 1 aromatic rings. The van der Waals surface area contributed by atoms with Crippen molar-refractivity contribution in [2.24, 2.45) is 0 Å². The van der Waals surface area contributed by atoms with E-state index in [0.29, 0.717) is 31.1 Å². The summed E-state index contributed by atoms with van der Waals surface area (Å²) in [6.45, 7) is 1.46. The highest BCUT2D eigenvalue weighted by Crippen LogP contribution is 2.30. The number of para-hydroxylation sites is 1. The van der Waals surface area contributed by atoms with E-state index in [1.165, 1.54) is 0 Å². The van der Waals surface area contributed by atoms with E-state index in [9.17, 15) is 8.42 Å². The molecular weight excluding hydrogens is 268 g/mol. The topological polar surface area (TPSA) is 76.7 Å². The Bertz CT molecular complexity index is 502. The lowest BCUT2D eigenvalue weighted by molar-refractivity contribution is 0.350. The highest BCUT2D eigenvalue weighted by Gasteiger charge is 2.08. The molecule has 0 unspecified atom stereocenters. The maximum Gasteiger partial charge on any atom is 0.208 e. The predicted molar refractivity (Wildman–Crippen MR) is 74.1 cm³/mol. The molecule has 108 valence electrons. The second kappa shape index (κ2) is 7.32. The van der Waals surface area contributed by atoms with Crippen molar-refractivity contribution in [2.45, 2.75) is 6.54 Å².